The number of methoxy groups -OCH3 is 1. The van der Waals surface area contributed by atoms with Gasteiger partial charge in [0.05, 0.1) is 18.7 Å². The molecule has 0 aliphatic carbocycles. The maximum Gasteiger partial charge on any atom is 0.340 e. The van der Waals surface area contributed by atoms with E-state index in [1.165, 1.54) is 18.4 Å². The molecule has 2 N–H and O–H groups in total. The fourth-order valence-corrected chi connectivity index (χ4v) is 3.72. The molecule has 1 aromatic carbocycles. The molecule has 2 aromatic rings. The molecule has 1 aliphatic heterocycles. The van der Waals surface area contributed by atoms with Crippen molar-refractivity contribution < 1.29 is 19.0 Å². The first-order valence-electron chi connectivity index (χ1n) is 7.63. The number of thiophene rings is 1. The van der Waals surface area contributed by atoms with Crippen molar-refractivity contribution in [2.75, 3.05) is 19.2 Å². The van der Waals surface area contributed by atoms with Gasteiger partial charge in [-0.3, -0.25) is 0 Å². The first-order valence-corrected chi connectivity index (χ1v) is 8.86. The van der Waals surface area contributed by atoms with E-state index in [1.54, 1.807) is 6.07 Å². The largest absolute Gasteiger partial charge is 0.465 e. The van der Waals surface area contributed by atoms with Gasteiger partial charge in [0, 0.05) is 4.88 Å². The summed E-state index contributed by atoms with van der Waals surface area (Å²) >= 11 is 6.83. The minimum atomic E-state index is -0.390. The Labute approximate surface area is 155 Å². The summed E-state index contributed by atoms with van der Waals surface area (Å²) in [5.74, 6) is 1.08. The van der Waals surface area contributed by atoms with Gasteiger partial charge in [0.2, 0.25) is 6.79 Å². The normalized spacial score (nSPS) is 13.2. The van der Waals surface area contributed by atoms with Crippen LogP contribution in [-0.4, -0.2) is 25.0 Å². The van der Waals surface area contributed by atoms with Gasteiger partial charge in [-0.15, -0.1) is 11.3 Å². The first-order chi connectivity index (χ1) is 12.0. The van der Waals surface area contributed by atoms with Crippen LogP contribution < -0.4 is 20.1 Å². The zero-order valence-corrected chi connectivity index (χ0v) is 15.7. The molecule has 0 saturated carbocycles. The summed E-state index contributed by atoms with van der Waals surface area (Å²) in [5.41, 5.74) is 1.49. The van der Waals surface area contributed by atoms with E-state index in [9.17, 15) is 4.79 Å². The van der Waals surface area contributed by atoms with Crippen LogP contribution in [-0.2, 0) is 4.74 Å². The predicted molar refractivity (Wildman–Crippen MR) is 101 cm³/mol. The molecular weight excluding hydrogens is 360 g/mol. The molecule has 1 atom stereocenters. The number of esters is 1. The molecule has 132 valence electrons. The molecule has 1 unspecified atom stereocenters. The van der Waals surface area contributed by atoms with Crippen LogP contribution in [0.15, 0.2) is 24.3 Å². The number of benzene rings is 1. The molecule has 0 saturated heterocycles. The van der Waals surface area contributed by atoms with Crippen molar-refractivity contribution >= 4 is 39.6 Å². The van der Waals surface area contributed by atoms with Gasteiger partial charge >= 0.3 is 5.97 Å². The van der Waals surface area contributed by atoms with Gasteiger partial charge < -0.3 is 24.8 Å². The molecule has 3 rings (SSSR count). The second-order valence-corrected chi connectivity index (χ2v) is 7.19. The van der Waals surface area contributed by atoms with Crippen molar-refractivity contribution in [3.05, 3.63) is 40.3 Å². The highest BCUT2D eigenvalue weighted by Crippen LogP contribution is 2.34. The van der Waals surface area contributed by atoms with Crippen molar-refractivity contribution in [3.8, 4) is 11.5 Å². The number of carbonyl (C=O) groups excluding carboxylic acids is 1. The van der Waals surface area contributed by atoms with Crippen molar-refractivity contribution in [3.63, 3.8) is 0 Å². The molecule has 0 spiro atoms. The molecule has 0 fully saturated rings. The number of hydrogen-bond acceptors (Lipinski definition) is 6. The fraction of sp³-hybridized carbons (Fsp3) is 0.294. The predicted octanol–water partition coefficient (Wildman–Crippen LogP) is 3.62. The van der Waals surface area contributed by atoms with Crippen LogP contribution in [0.3, 0.4) is 0 Å². The van der Waals surface area contributed by atoms with E-state index < -0.39 is 5.97 Å². The van der Waals surface area contributed by atoms with Gasteiger partial charge in [-0.2, -0.15) is 0 Å². The second kappa shape index (κ2) is 7.28. The number of aryl methyl sites for hydroxylation is 1. The summed E-state index contributed by atoms with van der Waals surface area (Å²) in [6.45, 7) is 4.16. The van der Waals surface area contributed by atoms with E-state index >= 15 is 0 Å². The number of carbonyl (C=O) groups is 1. The summed E-state index contributed by atoms with van der Waals surface area (Å²) in [4.78, 5) is 12.8. The number of nitrogens with one attached hydrogen (secondary N) is 2. The molecule has 2 heterocycles. The molecule has 6 nitrogen and oxygen atoms in total. The van der Waals surface area contributed by atoms with Crippen LogP contribution in [0.2, 0.25) is 0 Å². The van der Waals surface area contributed by atoms with Crippen LogP contribution in [0, 0.1) is 6.92 Å². The third-order valence-corrected chi connectivity index (χ3v) is 4.92. The monoisotopic (exact) mass is 378 g/mol. The average molecular weight is 378 g/mol. The van der Waals surface area contributed by atoms with Crippen LogP contribution in [0.4, 0.5) is 5.00 Å². The molecule has 0 bridgehead atoms. The number of rotatable bonds is 4. The number of thiocarbonyl (C=S) groups is 1. The average Bonchev–Trinajstić information content (AvgIpc) is 3.19. The standard InChI is InChI=1S/C17H18N2O4S2/c1-9-6-12(16(20)21-3)15(25-9)19-17(24)18-10(2)11-4-5-13-14(7-11)23-8-22-13/h4-7,10H,8H2,1-3H3,(H2,18,19,24). The Morgan fingerprint density at radius 3 is 2.84 bits per heavy atom. The van der Waals surface area contributed by atoms with E-state index in [0.29, 0.717) is 15.7 Å². The van der Waals surface area contributed by atoms with Crippen LogP contribution in [0.1, 0.15) is 33.8 Å². The highest BCUT2D eigenvalue weighted by atomic mass is 32.1. The molecule has 0 amide bonds. The molecule has 25 heavy (non-hydrogen) atoms. The lowest BCUT2D eigenvalue weighted by atomic mass is 10.1. The van der Waals surface area contributed by atoms with Gasteiger partial charge in [-0.25, -0.2) is 4.79 Å². The van der Waals surface area contributed by atoms with Gasteiger partial charge in [0.25, 0.3) is 0 Å². The van der Waals surface area contributed by atoms with Crippen LogP contribution in [0.5, 0.6) is 11.5 Å². The van der Waals surface area contributed by atoms with Crippen molar-refractivity contribution in [1.29, 1.82) is 0 Å². The highest BCUT2D eigenvalue weighted by molar-refractivity contribution is 7.80. The van der Waals surface area contributed by atoms with Crippen molar-refractivity contribution in [2.45, 2.75) is 19.9 Å². The lowest BCUT2D eigenvalue weighted by Gasteiger charge is -2.17. The number of ether oxygens (including phenoxy) is 3. The first kappa shape index (κ1) is 17.5. The van der Waals surface area contributed by atoms with E-state index in [-0.39, 0.29) is 12.8 Å². The lowest BCUT2D eigenvalue weighted by Crippen LogP contribution is -2.31. The van der Waals surface area contributed by atoms with Crippen LogP contribution in [0.25, 0.3) is 0 Å². The zero-order valence-electron chi connectivity index (χ0n) is 14.0. The zero-order chi connectivity index (χ0) is 18.0. The maximum absolute atomic E-state index is 11.8. The van der Waals surface area contributed by atoms with E-state index in [1.807, 2.05) is 32.0 Å². The molecule has 0 radical (unpaired) electrons. The highest BCUT2D eigenvalue weighted by Gasteiger charge is 2.18. The smallest absolute Gasteiger partial charge is 0.340 e. The molecule has 1 aromatic heterocycles. The number of fused-ring (bicyclic) bond motifs is 1. The Morgan fingerprint density at radius 2 is 2.08 bits per heavy atom. The van der Waals surface area contributed by atoms with Crippen LogP contribution >= 0.6 is 23.6 Å². The molecular formula is C17H18N2O4S2. The minimum absolute atomic E-state index is 0.0443. The van der Waals surface area contributed by atoms with E-state index in [4.69, 9.17) is 26.4 Å². The third kappa shape index (κ3) is 3.85. The van der Waals surface area contributed by atoms with E-state index in [0.717, 1.165) is 21.9 Å². The van der Waals surface area contributed by atoms with Gasteiger partial charge in [-0.1, -0.05) is 6.07 Å². The van der Waals surface area contributed by atoms with E-state index in [2.05, 4.69) is 10.6 Å². The summed E-state index contributed by atoms with van der Waals surface area (Å²) in [5, 5.41) is 7.38. The topological polar surface area (TPSA) is 68.8 Å². The minimum Gasteiger partial charge on any atom is -0.465 e. The Balaban J connectivity index is 1.67. The fourth-order valence-electron chi connectivity index (χ4n) is 2.47. The Bertz CT molecular complexity index is 819. The Morgan fingerprint density at radius 1 is 1.32 bits per heavy atom. The Kier molecular flexibility index (Phi) is 5.10. The number of anilines is 1. The van der Waals surface area contributed by atoms with Gasteiger partial charge in [0.1, 0.15) is 5.00 Å². The van der Waals surface area contributed by atoms with Gasteiger partial charge in [-0.05, 0) is 49.8 Å². The summed E-state index contributed by atoms with van der Waals surface area (Å²) in [7, 11) is 1.36. The Hall–Kier alpha value is -2.32. The summed E-state index contributed by atoms with van der Waals surface area (Å²) in [6, 6.07) is 7.51. The van der Waals surface area contributed by atoms with Crippen molar-refractivity contribution in [1.82, 2.24) is 5.32 Å². The second-order valence-electron chi connectivity index (χ2n) is 5.52. The quantitative estimate of drug-likeness (QED) is 0.622. The van der Waals surface area contributed by atoms with Gasteiger partial charge in [0.15, 0.2) is 16.6 Å². The van der Waals surface area contributed by atoms with Crippen molar-refractivity contribution in [2.24, 2.45) is 0 Å². The summed E-state index contributed by atoms with van der Waals surface area (Å²) < 4.78 is 15.5. The number of hydrogen-bond donors (Lipinski definition) is 2. The molecule has 8 heteroatoms. The third-order valence-electron chi connectivity index (χ3n) is 3.73. The molecule has 1 aliphatic rings. The lowest BCUT2D eigenvalue weighted by molar-refractivity contribution is 0.0602. The SMILES string of the molecule is COC(=O)c1cc(C)sc1NC(=S)NC(C)c1ccc2c(c1)OCO2. The summed E-state index contributed by atoms with van der Waals surface area (Å²) in [6.07, 6.45) is 0. The maximum atomic E-state index is 11.8.